The summed E-state index contributed by atoms with van der Waals surface area (Å²) in [5, 5.41) is 2.71. The molecule has 2 aromatic carbocycles. The molecular formula is C19H19NO3. The molecule has 0 unspecified atom stereocenters. The molecule has 2 aromatic rings. The molecule has 0 aromatic heterocycles. The van der Waals surface area contributed by atoms with Gasteiger partial charge in [-0.15, -0.1) is 0 Å². The van der Waals surface area contributed by atoms with E-state index in [1.807, 2.05) is 60.7 Å². The summed E-state index contributed by atoms with van der Waals surface area (Å²) in [6.07, 6.45) is 1.35. The van der Waals surface area contributed by atoms with E-state index in [0.29, 0.717) is 19.3 Å². The fraction of sp³-hybridized carbons (Fsp3) is 0.263. The van der Waals surface area contributed by atoms with Crippen LogP contribution in [0.5, 0.6) is 0 Å². The summed E-state index contributed by atoms with van der Waals surface area (Å²) in [7, 11) is 0. The monoisotopic (exact) mass is 309 g/mol. The van der Waals surface area contributed by atoms with Crippen LogP contribution in [-0.4, -0.2) is 17.9 Å². The minimum absolute atomic E-state index is 0.0887. The van der Waals surface area contributed by atoms with Gasteiger partial charge in [0.2, 0.25) is 5.91 Å². The van der Waals surface area contributed by atoms with Gasteiger partial charge >= 0.3 is 5.97 Å². The van der Waals surface area contributed by atoms with Crippen LogP contribution in [0.1, 0.15) is 36.5 Å². The first-order valence-electron chi connectivity index (χ1n) is 7.84. The highest BCUT2D eigenvalue weighted by molar-refractivity contribution is 5.85. The molecule has 1 saturated heterocycles. The fourth-order valence-electron chi connectivity index (χ4n) is 2.76. The van der Waals surface area contributed by atoms with Gasteiger partial charge in [-0.25, -0.2) is 4.79 Å². The molecule has 1 aliphatic heterocycles. The van der Waals surface area contributed by atoms with Crippen LogP contribution in [0.4, 0.5) is 0 Å². The lowest BCUT2D eigenvalue weighted by Crippen LogP contribution is -2.45. The van der Waals surface area contributed by atoms with Crippen LogP contribution in [0.25, 0.3) is 0 Å². The molecule has 0 saturated carbocycles. The summed E-state index contributed by atoms with van der Waals surface area (Å²) in [6, 6.07) is 18.7. The van der Waals surface area contributed by atoms with Crippen molar-refractivity contribution >= 4 is 11.9 Å². The van der Waals surface area contributed by atoms with E-state index < -0.39 is 12.1 Å². The zero-order valence-corrected chi connectivity index (χ0v) is 12.8. The second-order valence-electron chi connectivity index (χ2n) is 5.65. The largest absolute Gasteiger partial charge is 0.451 e. The maximum Gasteiger partial charge on any atom is 0.329 e. The van der Waals surface area contributed by atoms with Crippen LogP contribution < -0.4 is 5.32 Å². The number of carbonyl (C=O) groups is 2. The Hall–Kier alpha value is -2.62. The number of carbonyl (C=O) groups excluding carboxylic acids is 2. The first-order chi connectivity index (χ1) is 11.2. The van der Waals surface area contributed by atoms with Crippen LogP contribution in [0.2, 0.25) is 0 Å². The lowest BCUT2D eigenvalue weighted by atomic mass is 10.0. The Labute approximate surface area is 135 Å². The highest BCUT2D eigenvalue weighted by atomic mass is 16.5. The van der Waals surface area contributed by atoms with Gasteiger partial charge in [-0.05, 0) is 24.0 Å². The third kappa shape index (κ3) is 3.77. The maximum atomic E-state index is 12.5. The first-order valence-corrected chi connectivity index (χ1v) is 7.84. The average molecular weight is 309 g/mol. The smallest absolute Gasteiger partial charge is 0.329 e. The minimum atomic E-state index is -0.550. The van der Waals surface area contributed by atoms with Crippen molar-refractivity contribution in [3.8, 4) is 0 Å². The Kier molecular flexibility index (Phi) is 4.71. The minimum Gasteiger partial charge on any atom is -0.451 e. The van der Waals surface area contributed by atoms with Crippen molar-refractivity contribution < 1.29 is 14.3 Å². The van der Waals surface area contributed by atoms with Gasteiger partial charge < -0.3 is 10.1 Å². The number of hydrogen-bond donors (Lipinski definition) is 1. The van der Waals surface area contributed by atoms with Crippen LogP contribution in [0.3, 0.4) is 0 Å². The molecule has 1 atom stereocenters. The van der Waals surface area contributed by atoms with Crippen molar-refractivity contribution in [1.82, 2.24) is 5.32 Å². The number of rotatable bonds is 4. The van der Waals surface area contributed by atoms with Crippen LogP contribution in [-0.2, 0) is 14.3 Å². The fourth-order valence-corrected chi connectivity index (χ4v) is 2.76. The number of benzene rings is 2. The van der Waals surface area contributed by atoms with Crippen molar-refractivity contribution in [1.29, 1.82) is 0 Å². The topological polar surface area (TPSA) is 55.4 Å². The lowest BCUT2D eigenvalue weighted by Gasteiger charge is -2.25. The molecule has 0 aliphatic carbocycles. The van der Waals surface area contributed by atoms with Gasteiger partial charge in [-0.1, -0.05) is 60.7 Å². The Morgan fingerprint density at radius 1 is 1.00 bits per heavy atom. The van der Waals surface area contributed by atoms with Crippen molar-refractivity contribution in [3.05, 3.63) is 71.8 Å². The summed E-state index contributed by atoms with van der Waals surface area (Å²) >= 11 is 0. The van der Waals surface area contributed by atoms with Gasteiger partial charge in [0, 0.05) is 6.42 Å². The van der Waals surface area contributed by atoms with Gasteiger partial charge in [-0.3, -0.25) is 4.79 Å². The summed E-state index contributed by atoms with van der Waals surface area (Å²) < 4.78 is 5.76. The summed E-state index contributed by atoms with van der Waals surface area (Å²) in [5.74, 6) is -0.468. The molecule has 1 fully saturated rings. The SMILES string of the molecule is O=C1CCC[C@H](C(=O)OC(c2ccccc2)c2ccccc2)N1. The average Bonchev–Trinajstić information content (AvgIpc) is 2.61. The van der Waals surface area contributed by atoms with E-state index in [-0.39, 0.29) is 11.9 Å². The Morgan fingerprint density at radius 2 is 1.57 bits per heavy atom. The molecule has 23 heavy (non-hydrogen) atoms. The molecule has 3 rings (SSSR count). The van der Waals surface area contributed by atoms with E-state index in [1.54, 1.807) is 0 Å². The zero-order valence-electron chi connectivity index (χ0n) is 12.8. The van der Waals surface area contributed by atoms with Gasteiger partial charge in [0.05, 0.1) is 0 Å². The number of piperidine rings is 1. The normalized spacial score (nSPS) is 17.6. The van der Waals surface area contributed by atoms with Gasteiger partial charge in [-0.2, -0.15) is 0 Å². The Bertz CT molecular complexity index is 630. The highest BCUT2D eigenvalue weighted by Gasteiger charge is 2.29. The van der Waals surface area contributed by atoms with Crippen LogP contribution >= 0.6 is 0 Å². The van der Waals surface area contributed by atoms with E-state index in [1.165, 1.54) is 0 Å². The van der Waals surface area contributed by atoms with E-state index in [4.69, 9.17) is 4.74 Å². The molecule has 118 valence electrons. The van der Waals surface area contributed by atoms with Gasteiger partial charge in [0.25, 0.3) is 0 Å². The number of nitrogens with one attached hydrogen (secondary N) is 1. The summed E-state index contributed by atoms with van der Waals surface area (Å²) in [6.45, 7) is 0. The van der Waals surface area contributed by atoms with Gasteiger partial charge in [0.1, 0.15) is 6.04 Å². The zero-order chi connectivity index (χ0) is 16.1. The van der Waals surface area contributed by atoms with Crippen molar-refractivity contribution in [2.75, 3.05) is 0 Å². The number of amides is 1. The third-order valence-corrected chi connectivity index (χ3v) is 3.96. The molecule has 1 heterocycles. The van der Waals surface area contributed by atoms with Gasteiger partial charge in [0.15, 0.2) is 6.10 Å². The third-order valence-electron chi connectivity index (χ3n) is 3.96. The molecular weight excluding hydrogens is 290 g/mol. The van der Waals surface area contributed by atoms with Crippen LogP contribution in [0, 0.1) is 0 Å². The van der Waals surface area contributed by atoms with Crippen LogP contribution in [0.15, 0.2) is 60.7 Å². The standard InChI is InChI=1S/C19H19NO3/c21-17-13-7-12-16(20-17)19(22)23-18(14-8-3-1-4-9-14)15-10-5-2-6-11-15/h1-6,8-11,16,18H,7,12-13H2,(H,20,21)/t16-/m1/s1. The van der Waals surface area contributed by atoms with Crippen molar-refractivity contribution in [2.24, 2.45) is 0 Å². The van der Waals surface area contributed by atoms with Crippen molar-refractivity contribution in [3.63, 3.8) is 0 Å². The molecule has 1 N–H and O–H groups in total. The molecule has 0 bridgehead atoms. The summed E-state index contributed by atoms with van der Waals surface area (Å²) in [5.41, 5.74) is 1.82. The van der Waals surface area contributed by atoms with E-state index in [2.05, 4.69) is 5.32 Å². The molecule has 1 aliphatic rings. The number of esters is 1. The maximum absolute atomic E-state index is 12.5. The summed E-state index contributed by atoms with van der Waals surface area (Å²) in [4.78, 5) is 23.9. The quantitative estimate of drug-likeness (QED) is 0.883. The molecule has 0 radical (unpaired) electrons. The Morgan fingerprint density at radius 3 is 2.09 bits per heavy atom. The predicted molar refractivity (Wildman–Crippen MR) is 86.6 cm³/mol. The molecule has 4 heteroatoms. The highest BCUT2D eigenvalue weighted by Crippen LogP contribution is 2.27. The lowest BCUT2D eigenvalue weighted by molar-refractivity contribution is -0.152. The van der Waals surface area contributed by atoms with E-state index >= 15 is 0 Å². The van der Waals surface area contributed by atoms with E-state index in [9.17, 15) is 9.59 Å². The molecule has 0 spiro atoms. The predicted octanol–water partition coefficient (Wildman–Crippen LogP) is 2.99. The second-order valence-corrected chi connectivity index (χ2v) is 5.65. The number of ether oxygens (including phenoxy) is 1. The van der Waals surface area contributed by atoms with E-state index in [0.717, 1.165) is 11.1 Å². The molecule has 4 nitrogen and oxygen atoms in total. The first kappa shape index (κ1) is 15.3. The molecule has 1 amide bonds. The Balaban J connectivity index is 1.82. The number of hydrogen-bond acceptors (Lipinski definition) is 3. The second kappa shape index (κ2) is 7.09. The van der Waals surface area contributed by atoms with Crippen molar-refractivity contribution in [2.45, 2.75) is 31.4 Å².